The van der Waals surface area contributed by atoms with E-state index in [0.717, 1.165) is 18.7 Å². The third-order valence-corrected chi connectivity index (χ3v) is 5.68. The van der Waals surface area contributed by atoms with Gasteiger partial charge in [0.05, 0.1) is 18.3 Å². The average molecular weight is 390 g/mol. The molecular formula is C19H24ClN5O2. The number of benzene rings is 1. The number of amides is 2. The number of carbonyl (C=O) groups excluding carboxylic acids is 1. The fraction of sp³-hybridized carbons (Fsp3) is 0.526. The number of aryl methyl sites for hydroxylation is 1. The Bertz CT molecular complexity index is 820. The fourth-order valence-corrected chi connectivity index (χ4v) is 3.82. The molecule has 0 radical (unpaired) electrons. The Morgan fingerprint density at radius 1 is 1.33 bits per heavy atom. The van der Waals surface area contributed by atoms with Gasteiger partial charge in [-0.2, -0.15) is 0 Å². The Labute approximate surface area is 163 Å². The van der Waals surface area contributed by atoms with E-state index in [2.05, 4.69) is 15.5 Å². The van der Waals surface area contributed by atoms with Crippen LogP contribution < -0.4 is 10.1 Å². The van der Waals surface area contributed by atoms with Crippen molar-refractivity contribution in [3.8, 4) is 5.75 Å². The number of urea groups is 1. The summed E-state index contributed by atoms with van der Waals surface area (Å²) in [4.78, 5) is 14.8. The zero-order chi connectivity index (χ0) is 18.8. The fourth-order valence-electron chi connectivity index (χ4n) is 3.65. The highest BCUT2D eigenvalue weighted by atomic mass is 35.5. The van der Waals surface area contributed by atoms with Crippen molar-refractivity contribution in [2.24, 2.45) is 13.0 Å². The van der Waals surface area contributed by atoms with Gasteiger partial charge in [0.2, 0.25) is 0 Å². The average Bonchev–Trinajstić information content (AvgIpc) is 3.23. The van der Waals surface area contributed by atoms with Gasteiger partial charge < -0.3 is 19.5 Å². The van der Waals surface area contributed by atoms with Crippen molar-refractivity contribution in [2.75, 3.05) is 18.5 Å². The molecule has 1 unspecified atom stereocenters. The predicted octanol–water partition coefficient (Wildman–Crippen LogP) is 4.02. The number of likely N-dealkylation sites (tertiary alicyclic amines) is 1. The van der Waals surface area contributed by atoms with Crippen LogP contribution in [0, 0.1) is 5.92 Å². The van der Waals surface area contributed by atoms with Gasteiger partial charge in [0.1, 0.15) is 12.1 Å². The number of rotatable bonds is 5. The van der Waals surface area contributed by atoms with Crippen LogP contribution in [0.2, 0.25) is 5.02 Å². The van der Waals surface area contributed by atoms with E-state index in [1.165, 1.54) is 19.3 Å². The predicted molar refractivity (Wildman–Crippen MR) is 103 cm³/mol. The second-order valence-corrected chi connectivity index (χ2v) is 7.77. The van der Waals surface area contributed by atoms with E-state index in [1.807, 2.05) is 17.7 Å². The molecule has 4 rings (SSSR count). The first-order chi connectivity index (χ1) is 13.1. The van der Waals surface area contributed by atoms with Crippen molar-refractivity contribution < 1.29 is 9.53 Å². The zero-order valence-corrected chi connectivity index (χ0v) is 16.2. The molecule has 8 heteroatoms. The summed E-state index contributed by atoms with van der Waals surface area (Å²) in [6.45, 7) is 1.36. The molecule has 2 heterocycles. The number of hydrogen-bond acceptors (Lipinski definition) is 4. The van der Waals surface area contributed by atoms with Crippen molar-refractivity contribution in [1.29, 1.82) is 0 Å². The van der Waals surface area contributed by atoms with Gasteiger partial charge in [0.15, 0.2) is 5.82 Å². The van der Waals surface area contributed by atoms with E-state index in [4.69, 9.17) is 16.3 Å². The molecule has 1 aromatic carbocycles. The summed E-state index contributed by atoms with van der Waals surface area (Å²) in [6, 6.07) is 5.10. The summed E-state index contributed by atoms with van der Waals surface area (Å²) in [5.74, 6) is 2.08. The smallest absolute Gasteiger partial charge is 0.322 e. The van der Waals surface area contributed by atoms with Gasteiger partial charge in [-0.15, -0.1) is 10.2 Å². The number of aromatic nitrogens is 3. The molecule has 2 aliphatic rings. The second kappa shape index (κ2) is 7.76. The van der Waals surface area contributed by atoms with Crippen LogP contribution in [0.5, 0.6) is 5.75 Å². The highest BCUT2D eigenvalue weighted by Crippen LogP contribution is 2.34. The van der Waals surface area contributed by atoms with E-state index >= 15 is 0 Å². The summed E-state index contributed by atoms with van der Waals surface area (Å²) in [5, 5.41) is 11.7. The van der Waals surface area contributed by atoms with Crippen LogP contribution >= 0.6 is 11.6 Å². The lowest BCUT2D eigenvalue weighted by Gasteiger charge is -2.27. The van der Waals surface area contributed by atoms with Crippen LogP contribution in [0.15, 0.2) is 24.5 Å². The minimum atomic E-state index is -0.170. The first kappa shape index (κ1) is 18.1. The standard InChI is InChI=1S/C19H24ClN5O2/c1-24-12-21-23-18(24)16-6-3-9-25(16)19(26)22-15-10-14(20)7-8-17(15)27-11-13-4-2-5-13/h7-8,10,12-13,16H,2-6,9,11H2,1H3,(H,22,26). The first-order valence-corrected chi connectivity index (χ1v) is 9.83. The molecule has 27 heavy (non-hydrogen) atoms. The van der Waals surface area contributed by atoms with E-state index in [1.54, 1.807) is 23.4 Å². The van der Waals surface area contributed by atoms with Crippen LogP contribution in [0.1, 0.15) is 44.0 Å². The summed E-state index contributed by atoms with van der Waals surface area (Å²) < 4.78 is 7.82. The summed E-state index contributed by atoms with van der Waals surface area (Å²) in [6.07, 6.45) is 7.17. The molecule has 7 nitrogen and oxygen atoms in total. The Morgan fingerprint density at radius 3 is 2.89 bits per heavy atom. The summed E-state index contributed by atoms with van der Waals surface area (Å²) in [7, 11) is 1.90. The maximum atomic E-state index is 13.0. The lowest BCUT2D eigenvalue weighted by Crippen LogP contribution is -2.35. The van der Waals surface area contributed by atoms with Crippen molar-refractivity contribution in [1.82, 2.24) is 19.7 Å². The number of halogens is 1. The highest BCUT2D eigenvalue weighted by molar-refractivity contribution is 6.31. The Kier molecular flexibility index (Phi) is 5.20. The Balaban J connectivity index is 1.48. The third kappa shape index (κ3) is 3.88. The molecule has 144 valence electrons. The van der Waals surface area contributed by atoms with Gasteiger partial charge >= 0.3 is 6.03 Å². The zero-order valence-electron chi connectivity index (χ0n) is 15.4. The minimum Gasteiger partial charge on any atom is -0.491 e. The summed E-state index contributed by atoms with van der Waals surface area (Å²) in [5.41, 5.74) is 0.607. The Morgan fingerprint density at radius 2 is 2.19 bits per heavy atom. The van der Waals surface area contributed by atoms with Crippen LogP contribution in [0.25, 0.3) is 0 Å². The lowest BCUT2D eigenvalue weighted by atomic mass is 9.86. The molecule has 1 aliphatic carbocycles. The van der Waals surface area contributed by atoms with Gasteiger partial charge in [-0.25, -0.2) is 4.79 Å². The third-order valence-electron chi connectivity index (χ3n) is 5.44. The van der Waals surface area contributed by atoms with Gasteiger partial charge in [-0.05, 0) is 49.8 Å². The number of carbonyl (C=O) groups is 1. The summed E-state index contributed by atoms with van der Waals surface area (Å²) >= 11 is 6.15. The number of anilines is 1. The van der Waals surface area contributed by atoms with Crippen LogP contribution in [0.4, 0.5) is 10.5 Å². The SMILES string of the molecule is Cn1cnnc1C1CCCN1C(=O)Nc1cc(Cl)ccc1OCC1CCC1. The van der Waals surface area contributed by atoms with E-state index in [0.29, 0.717) is 35.5 Å². The molecule has 0 bridgehead atoms. The van der Waals surface area contributed by atoms with Gasteiger partial charge in [-0.1, -0.05) is 18.0 Å². The molecule has 1 saturated carbocycles. The van der Waals surface area contributed by atoms with Crippen LogP contribution in [0.3, 0.4) is 0 Å². The lowest BCUT2D eigenvalue weighted by molar-refractivity contribution is 0.181. The van der Waals surface area contributed by atoms with Crippen molar-refractivity contribution in [2.45, 2.75) is 38.1 Å². The molecule has 1 N–H and O–H groups in total. The number of ether oxygens (including phenoxy) is 1. The maximum absolute atomic E-state index is 13.0. The van der Waals surface area contributed by atoms with E-state index in [9.17, 15) is 4.79 Å². The number of nitrogens with one attached hydrogen (secondary N) is 1. The quantitative estimate of drug-likeness (QED) is 0.838. The molecular weight excluding hydrogens is 366 g/mol. The maximum Gasteiger partial charge on any atom is 0.322 e. The molecule has 2 aromatic rings. The monoisotopic (exact) mass is 389 g/mol. The van der Waals surface area contributed by atoms with Crippen LogP contribution in [-0.4, -0.2) is 38.8 Å². The van der Waals surface area contributed by atoms with Crippen molar-refractivity contribution in [3.63, 3.8) is 0 Å². The second-order valence-electron chi connectivity index (χ2n) is 7.33. The molecule has 0 spiro atoms. The van der Waals surface area contributed by atoms with Crippen molar-refractivity contribution in [3.05, 3.63) is 35.4 Å². The molecule has 1 aromatic heterocycles. The van der Waals surface area contributed by atoms with Crippen LogP contribution in [-0.2, 0) is 7.05 Å². The molecule has 2 amide bonds. The minimum absolute atomic E-state index is 0.0731. The Hall–Kier alpha value is -2.28. The molecule has 1 aliphatic heterocycles. The van der Waals surface area contributed by atoms with Gasteiger partial charge in [-0.3, -0.25) is 0 Å². The van der Waals surface area contributed by atoms with Gasteiger partial charge in [0, 0.05) is 18.6 Å². The normalized spacial score (nSPS) is 19.8. The van der Waals surface area contributed by atoms with Gasteiger partial charge in [0.25, 0.3) is 0 Å². The molecule has 1 saturated heterocycles. The largest absolute Gasteiger partial charge is 0.491 e. The van der Waals surface area contributed by atoms with E-state index in [-0.39, 0.29) is 12.1 Å². The molecule has 1 atom stereocenters. The number of hydrogen-bond donors (Lipinski definition) is 1. The first-order valence-electron chi connectivity index (χ1n) is 9.45. The van der Waals surface area contributed by atoms with E-state index < -0.39 is 0 Å². The van der Waals surface area contributed by atoms with Crippen molar-refractivity contribution >= 4 is 23.3 Å². The topological polar surface area (TPSA) is 72.3 Å². The number of nitrogens with zero attached hydrogens (tertiary/aromatic N) is 4. The highest BCUT2D eigenvalue weighted by Gasteiger charge is 2.33. The molecule has 2 fully saturated rings.